The van der Waals surface area contributed by atoms with Gasteiger partial charge in [-0.1, -0.05) is 0 Å². The van der Waals surface area contributed by atoms with Crippen molar-refractivity contribution in [2.24, 2.45) is 0 Å². The first-order chi connectivity index (χ1) is 4.68. The minimum Gasteiger partial charge on any atom is -0.264 e. The van der Waals surface area contributed by atoms with Gasteiger partial charge in [0.25, 0.3) is 0 Å². The van der Waals surface area contributed by atoms with E-state index in [1.54, 1.807) is 6.07 Å². The van der Waals surface area contributed by atoms with Crippen LogP contribution < -0.4 is 0 Å². The van der Waals surface area contributed by atoms with Crippen LogP contribution in [-0.2, 0) is 6.54 Å². The van der Waals surface area contributed by atoms with Gasteiger partial charge in [0, 0.05) is 4.92 Å². The molecule has 10 heavy (non-hydrogen) atoms. The summed E-state index contributed by atoms with van der Waals surface area (Å²) in [5.74, 6) is 0. The van der Waals surface area contributed by atoms with Gasteiger partial charge >= 0.3 is 0 Å². The number of halogens is 1. The summed E-state index contributed by atoms with van der Waals surface area (Å²) in [5, 5.41) is 9.97. The predicted octanol–water partition coefficient (Wildman–Crippen LogP) is 2.29. The Kier molecular flexibility index (Phi) is 2.39. The van der Waals surface area contributed by atoms with Gasteiger partial charge in [-0.3, -0.25) is 10.1 Å². The van der Waals surface area contributed by atoms with Crippen LogP contribution in [0.5, 0.6) is 0 Å². The maximum atomic E-state index is 9.97. The lowest BCUT2D eigenvalue weighted by molar-refractivity contribution is -0.496. The molecule has 0 saturated carbocycles. The fourth-order valence-corrected chi connectivity index (χ4v) is 2.01. The van der Waals surface area contributed by atoms with Crippen molar-refractivity contribution >= 4 is 27.3 Å². The van der Waals surface area contributed by atoms with Crippen molar-refractivity contribution in [2.75, 3.05) is 0 Å². The highest BCUT2D eigenvalue weighted by molar-refractivity contribution is 9.11. The van der Waals surface area contributed by atoms with Gasteiger partial charge in [0.05, 0.1) is 8.66 Å². The Balaban J connectivity index is 2.67. The molecular formula is C5H4BrNO2S. The molecule has 0 radical (unpaired) electrons. The Bertz CT molecular complexity index is 248. The topological polar surface area (TPSA) is 43.1 Å². The SMILES string of the molecule is O=[N+]([O-])Cc1ccc(Br)s1. The third-order valence-electron chi connectivity index (χ3n) is 0.914. The molecule has 3 nitrogen and oxygen atoms in total. The van der Waals surface area contributed by atoms with E-state index in [-0.39, 0.29) is 11.5 Å². The lowest BCUT2D eigenvalue weighted by atomic mass is 10.5. The van der Waals surface area contributed by atoms with Crippen LogP contribution in [0.3, 0.4) is 0 Å². The summed E-state index contributed by atoms with van der Waals surface area (Å²) in [4.78, 5) is 10.4. The van der Waals surface area contributed by atoms with E-state index in [1.165, 1.54) is 11.3 Å². The maximum Gasteiger partial charge on any atom is 0.237 e. The zero-order valence-corrected chi connectivity index (χ0v) is 7.31. The van der Waals surface area contributed by atoms with Gasteiger partial charge in [0.15, 0.2) is 0 Å². The van der Waals surface area contributed by atoms with E-state index in [1.807, 2.05) is 6.07 Å². The minimum absolute atomic E-state index is 0.0731. The van der Waals surface area contributed by atoms with E-state index in [0.29, 0.717) is 0 Å². The van der Waals surface area contributed by atoms with Gasteiger partial charge in [0.2, 0.25) is 6.54 Å². The fourth-order valence-electron chi connectivity index (χ4n) is 0.564. The fraction of sp³-hybridized carbons (Fsp3) is 0.200. The quantitative estimate of drug-likeness (QED) is 0.569. The van der Waals surface area contributed by atoms with Crippen molar-refractivity contribution in [1.29, 1.82) is 0 Å². The molecule has 0 aromatic carbocycles. The van der Waals surface area contributed by atoms with Crippen LogP contribution in [0.1, 0.15) is 4.88 Å². The van der Waals surface area contributed by atoms with Crippen LogP contribution in [0.15, 0.2) is 15.9 Å². The molecule has 0 saturated heterocycles. The molecule has 0 bridgehead atoms. The van der Waals surface area contributed by atoms with Crippen LogP contribution in [0.2, 0.25) is 0 Å². The first-order valence-electron chi connectivity index (χ1n) is 2.54. The highest BCUT2D eigenvalue weighted by atomic mass is 79.9. The van der Waals surface area contributed by atoms with E-state index in [9.17, 15) is 10.1 Å². The van der Waals surface area contributed by atoms with Gasteiger partial charge < -0.3 is 0 Å². The highest BCUT2D eigenvalue weighted by Crippen LogP contribution is 2.22. The summed E-state index contributed by atoms with van der Waals surface area (Å²) in [5.41, 5.74) is 0. The minimum atomic E-state index is -0.335. The van der Waals surface area contributed by atoms with Gasteiger partial charge in [-0.25, -0.2) is 0 Å². The zero-order chi connectivity index (χ0) is 7.56. The number of rotatable bonds is 2. The molecular weight excluding hydrogens is 218 g/mol. The molecule has 0 atom stereocenters. The van der Waals surface area contributed by atoms with Crippen molar-refractivity contribution in [3.8, 4) is 0 Å². The number of hydrogen-bond acceptors (Lipinski definition) is 3. The van der Waals surface area contributed by atoms with Gasteiger partial charge in [-0.15, -0.1) is 11.3 Å². The smallest absolute Gasteiger partial charge is 0.237 e. The molecule has 1 rings (SSSR count). The molecule has 0 spiro atoms. The van der Waals surface area contributed by atoms with Crippen molar-refractivity contribution in [3.05, 3.63) is 30.9 Å². The van der Waals surface area contributed by atoms with Gasteiger partial charge in [-0.05, 0) is 28.1 Å². The molecule has 0 aliphatic carbocycles. The Morgan fingerprint density at radius 3 is 2.80 bits per heavy atom. The van der Waals surface area contributed by atoms with Crippen molar-refractivity contribution in [3.63, 3.8) is 0 Å². The van der Waals surface area contributed by atoms with E-state index < -0.39 is 0 Å². The molecule has 0 N–H and O–H groups in total. The Morgan fingerprint density at radius 2 is 2.40 bits per heavy atom. The lowest BCUT2D eigenvalue weighted by Crippen LogP contribution is -1.94. The zero-order valence-electron chi connectivity index (χ0n) is 4.91. The van der Waals surface area contributed by atoms with Crippen LogP contribution >= 0.6 is 27.3 Å². The summed E-state index contributed by atoms with van der Waals surface area (Å²) < 4.78 is 0.935. The van der Waals surface area contributed by atoms with Crippen molar-refractivity contribution < 1.29 is 4.92 Å². The number of thiophene rings is 1. The lowest BCUT2D eigenvalue weighted by Gasteiger charge is -1.84. The summed E-state index contributed by atoms with van der Waals surface area (Å²) in [7, 11) is 0. The van der Waals surface area contributed by atoms with E-state index in [2.05, 4.69) is 15.9 Å². The Labute approximate surface area is 70.0 Å². The number of nitro groups is 1. The molecule has 0 unspecified atom stereocenters. The Hall–Kier alpha value is -0.420. The second-order valence-electron chi connectivity index (χ2n) is 1.70. The first-order valence-corrected chi connectivity index (χ1v) is 4.15. The summed E-state index contributed by atoms with van der Waals surface area (Å²) in [6.07, 6.45) is 0. The van der Waals surface area contributed by atoms with Crippen molar-refractivity contribution in [1.82, 2.24) is 0 Å². The van der Waals surface area contributed by atoms with Gasteiger partial charge in [-0.2, -0.15) is 0 Å². The number of hydrogen-bond donors (Lipinski definition) is 0. The van der Waals surface area contributed by atoms with E-state index in [0.717, 1.165) is 8.66 Å². The van der Waals surface area contributed by atoms with Crippen LogP contribution in [0.25, 0.3) is 0 Å². The molecule has 1 aromatic rings. The molecule has 0 aliphatic rings. The normalized spacial score (nSPS) is 9.70. The van der Waals surface area contributed by atoms with Crippen LogP contribution in [-0.4, -0.2) is 4.92 Å². The molecule has 54 valence electrons. The molecule has 0 amide bonds. The molecule has 1 aromatic heterocycles. The average Bonchev–Trinajstić information content (AvgIpc) is 2.13. The third kappa shape index (κ3) is 2.07. The van der Waals surface area contributed by atoms with E-state index in [4.69, 9.17) is 0 Å². The predicted molar refractivity (Wildman–Crippen MR) is 42.7 cm³/mol. The molecule has 5 heteroatoms. The maximum absolute atomic E-state index is 9.97. The average molecular weight is 222 g/mol. The standard InChI is InChI=1S/C5H4BrNO2S/c6-5-2-1-4(10-5)3-7(8)9/h1-2H,3H2. The molecule has 0 aliphatic heterocycles. The second-order valence-corrected chi connectivity index (χ2v) is 4.24. The van der Waals surface area contributed by atoms with E-state index >= 15 is 0 Å². The summed E-state index contributed by atoms with van der Waals surface area (Å²) >= 11 is 4.61. The number of nitrogens with zero attached hydrogens (tertiary/aromatic N) is 1. The third-order valence-corrected chi connectivity index (χ3v) is 2.52. The summed E-state index contributed by atoms with van der Waals surface area (Å²) in [6, 6.07) is 3.56. The van der Waals surface area contributed by atoms with Crippen LogP contribution in [0, 0.1) is 10.1 Å². The second kappa shape index (κ2) is 3.12. The highest BCUT2D eigenvalue weighted by Gasteiger charge is 2.02. The molecule has 1 heterocycles. The summed E-state index contributed by atoms with van der Waals surface area (Å²) in [6.45, 7) is -0.0731. The monoisotopic (exact) mass is 221 g/mol. The van der Waals surface area contributed by atoms with Crippen molar-refractivity contribution in [2.45, 2.75) is 6.54 Å². The Morgan fingerprint density at radius 1 is 1.70 bits per heavy atom. The molecule has 0 fully saturated rings. The largest absolute Gasteiger partial charge is 0.264 e. The van der Waals surface area contributed by atoms with Crippen LogP contribution in [0.4, 0.5) is 0 Å². The first kappa shape index (κ1) is 7.68. The van der Waals surface area contributed by atoms with Gasteiger partial charge in [0.1, 0.15) is 0 Å².